The van der Waals surface area contributed by atoms with Gasteiger partial charge in [-0.05, 0) is 42.9 Å². The number of rotatable bonds is 6. The molecule has 0 aromatic carbocycles. The fraction of sp³-hybridized carbons (Fsp3) is 0.600. The zero-order valence-corrected chi connectivity index (χ0v) is 12.6. The molecule has 0 aliphatic heterocycles. The van der Waals surface area contributed by atoms with E-state index in [0.29, 0.717) is 18.9 Å². The van der Waals surface area contributed by atoms with Gasteiger partial charge in [-0.15, -0.1) is 12.4 Å². The first-order valence-corrected chi connectivity index (χ1v) is 7.18. The SMILES string of the molecule is Cl.NCC(NC(=O)CCc1ccncc1)C1CCCC1. The molecule has 112 valence electrons. The minimum absolute atomic E-state index is 0. The van der Waals surface area contributed by atoms with Crippen molar-refractivity contribution in [3.63, 3.8) is 0 Å². The maximum Gasteiger partial charge on any atom is 0.220 e. The highest BCUT2D eigenvalue weighted by Crippen LogP contribution is 2.27. The van der Waals surface area contributed by atoms with Crippen LogP contribution in [0.5, 0.6) is 0 Å². The molecule has 0 spiro atoms. The van der Waals surface area contributed by atoms with E-state index in [2.05, 4.69) is 10.3 Å². The molecule has 1 atom stereocenters. The maximum absolute atomic E-state index is 12.0. The molecule has 1 fully saturated rings. The average Bonchev–Trinajstić information content (AvgIpc) is 2.97. The van der Waals surface area contributed by atoms with Gasteiger partial charge in [-0.3, -0.25) is 9.78 Å². The maximum atomic E-state index is 12.0. The first kappa shape index (κ1) is 16.9. The van der Waals surface area contributed by atoms with Crippen molar-refractivity contribution in [1.82, 2.24) is 10.3 Å². The zero-order valence-electron chi connectivity index (χ0n) is 11.8. The van der Waals surface area contributed by atoms with Gasteiger partial charge in [0.05, 0.1) is 0 Å². The first-order chi connectivity index (χ1) is 9.29. The molecule has 2 rings (SSSR count). The van der Waals surface area contributed by atoms with Gasteiger partial charge in [0.25, 0.3) is 0 Å². The van der Waals surface area contributed by atoms with Gasteiger partial charge in [0.15, 0.2) is 0 Å². The molecule has 1 heterocycles. The number of carbonyl (C=O) groups is 1. The summed E-state index contributed by atoms with van der Waals surface area (Å²) in [7, 11) is 0. The Morgan fingerprint density at radius 2 is 2.00 bits per heavy atom. The van der Waals surface area contributed by atoms with E-state index in [-0.39, 0.29) is 24.4 Å². The van der Waals surface area contributed by atoms with Gasteiger partial charge in [-0.25, -0.2) is 0 Å². The number of hydrogen-bond donors (Lipinski definition) is 2. The summed E-state index contributed by atoms with van der Waals surface area (Å²) in [6.45, 7) is 0.547. The predicted octanol–water partition coefficient (Wildman–Crippen LogP) is 2.07. The number of aromatic nitrogens is 1. The second-order valence-corrected chi connectivity index (χ2v) is 5.31. The lowest BCUT2D eigenvalue weighted by Crippen LogP contribution is -2.44. The lowest BCUT2D eigenvalue weighted by molar-refractivity contribution is -0.122. The number of hydrogen-bond acceptors (Lipinski definition) is 3. The van der Waals surface area contributed by atoms with Crippen molar-refractivity contribution in [2.75, 3.05) is 6.54 Å². The predicted molar refractivity (Wildman–Crippen MR) is 82.7 cm³/mol. The molecule has 3 N–H and O–H groups in total. The summed E-state index contributed by atoms with van der Waals surface area (Å²) in [5, 5.41) is 3.10. The van der Waals surface area contributed by atoms with Gasteiger partial charge in [0.1, 0.15) is 0 Å². The van der Waals surface area contributed by atoms with Crippen LogP contribution in [0.2, 0.25) is 0 Å². The second kappa shape index (κ2) is 8.93. The van der Waals surface area contributed by atoms with Gasteiger partial charge in [0, 0.05) is 31.4 Å². The third-order valence-electron chi connectivity index (χ3n) is 3.96. The van der Waals surface area contributed by atoms with Gasteiger partial charge in [-0.2, -0.15) is 0 Å². The Balaban J connectivity index is 0.00000200. The fourth-order valence-electron chi connectivity index (χ4n) is 2.82. The number of carbonyl (C=O) groups excluding carboxylic acids is 1. The van der Waals surface area contributed by atoms with Gasteiger partial charge >= 0.3 is 0 Å². The summed E-state index contributed by atoms with van der Waals surface area (Å²) in [6.07, 6.45) is 9.74. The number of nitrogens with one attached hydrogen (secondary N) is 1. The summed E-state index contributed by atoms with van der Waals surface area (Å²) in [5.74, 6) is 0.689. The number of nitrogens with two attached hydrogens (primary N) is 1. The van der Waals surface area contributed by atoms with E-state index in [1.165, 1.54) is 25.7 Å². The molecular formula is C15H24ClN3O. The van der Waals surface area contributed by atoms with Crippen molar-refractivity contribution in [2.24, 2.45) is 11.7 Å². The molecule has 5 heteroatoms. The van der Waals surface area contributed by atoms with Crippen molar-refractivity contribution in [3.8, 4) is 0 Å². The van der Waals surface area contributed by atoms with Gasteiger partial charge in [0.2, 0.25) is 5.91 Å². The molecule has 0 saturated heterocycles. The summed E-state index contributed by atoms with van der Waals surface area (Å²) in [6, 6.07) is 4.06. The lowest BCUT2D eigenvalue weighted by Gasteiger charge is -2.23. The Hall–Kier alpha value is -1.13. The van der Waals surface area contributed by atoms with Crippen molar-refractivity contribution in [3.05, 3.63) is 30.1 Å². The highest BCUT2D eigenvalue weighted by molar-refractivity contribution is 5.85. The summed E-state index contributed by atoms with van der Waals surface area (Å²) < 4.78 is 0. The van der Waals surface area contributed by atoms with Gasteiger partial charge in [-0.1, -0.05) is 12.8 Å². The number of pyridine rings is 1. The lowest BCUT2D eigenvalue weighted by atomic mass is 9.98. The molecule has 1 saturated carbocycles. The Bertz CT molecular complexity index is 393. The van der Waals surface area contributed by atoms with E-state index in [0.717, 1.165) is 12.0 Å². The molecule has 1 aliphatic carbocycles. The van der Waals surface area contributed by atoms with E-state index in [4.69, 9.17) is 5.73 Å². The van der Waals surface area contributed by atoms with E-state index in [1.807, 2.05) is 12.1 Å². The molecule has 1 aromatic rings. The highest BCUT2D eigenvalue weighted by Gasteiger charge is 2.24. The van der Waals surface area contributed by atoms with Gasteiger partial charge < -0.3 is 11.1 Å². The molecule has 1 unspecified atom stereocenters. The van der Waals surface area contributed by atoms with Crippen LogP contribution in [0.25, 0.3) is 0 Å². The van der Waals surface area contributed by atoms with Crippen LogP contribution in [0, 0.1) is 5.92 Å². The quantitative estimate of drug-likeness (QED) is 0.844. The van der Waals surface area contributed by atoms with Crippen LogP contribution < -0.4 is 11.1 Å². The molecule has 20 heavy (non-hydrogen) atoms. The minimum atomic E-state index is 0. The number of nitrogens with zero attached hydrogens (tertiary/aromatic N) is 1. The normalized spacial score (nSPS) is 16.4. The van der Waals surface area contributed by atoms with Crippen molar-refractivity contribution in [2.45, 2.75) is 44.6 Å². The van der Waals surface area contributed by atoms with Crippen LogP contribution in [-0.4, -0.2) is 23.5 Å². The molecule has 0 radical (unpaired) electrons. The fourth-order valence-corrected chi connectivity index (χ4v) is 2.82. The van der Waals surface area contributed by atoms with Crippen LogP contribution in [0.1, 0.15) is 37.7 Å². The standard InChI is InChI=1S/C15H23N3O.ClH/c16-11-14(13-3-1-2-4-13)18-15(19)6-5-12-7-9-17-10-8-12;/h7-10,13-14H,1-6,11,16H2,(H,18,19);1H. The van der Waals surface area contributed by atoms with Crippen LogP contribution in [0.4, 0.5) is 0 Å². The van der Waals surface area contributed by atoms with Crippen LogP contribution >= 0.6 is 12.4 Å². The smallest absolute Gasteiger partial charge is 0.220 e. The molecular weight excluding hydrogens is 274 g/mol. The average molecular weight is 298 g/mol. The number of aryl methyl sites for hydroxylation is 1. The minimum Gasteiger partial charge on any atom is -0.352 e. The van der Waals surface area contributed by atoms with Crippen molar-refractivity contribution in [1.29, 1.82) is 0 Å². The van der Waals surface area contributed by atoms with Crippen LogP contribution in [0.3, 0.4) is 0 Å². The van der Waals surface area contributed by atoms with Crippen LogP contribution in [-0.2, 0) is 11.2 Å². The van der Waals surface area contributed by atoms with Crippen molar-refractivity contribution < 1.29 is 4.79 Å². The highest BCUT2D eigenvalue weighted by atomic mass is 35.5. The second-order valence-electron chi connectivity index (χ2n) is 5.31. The van der Waals surface area contributed by atoms with E-state index in [1.54, 1.807) is 12.4 Å². The number of halogens is 1. The first-order valence-electron chi connectivity index (χ1n) is 7.18. The summed E-state index contributed by atoms with van der Waals surface area (Å²) in [4.78, 5) is 15.9. The molecule has 0 bridgehead atoms. The third kappa shape index (κ3) is 5.10. The Labute approximate surface area is 126 Å². The molecule has 4 nitrogen and oxygen atoms in total. The van der Waals surface area contributed by atoms with Crippen LogP contribution in [0.15, 0.2) is 24.5 Å². The monoisotopic (exact) mass is 297 g/mol. The van der Waals surface area contributed by atoms with E-state index >= 15 is 0 Å². The number of amides is 1. The molecule has 1 aliphatic rings. The largest absolute Gasteiger partial charge is 0.352 e. The van der Waals surface area contributed by atoms with Crippen molar-refractivity contribution >= 4 is 18.3 Å². The molecule has 1 aromatic heterocycles. The van der Waals surface area contributed by atoms with E-state index < -0.39 is 0 Å². The summed E-state index contributed by atoms with van der Waals surface area (Å²) >= 11 is 0. The zero-order chi connectivity index (χ0) is 13.5. The van der Waals surface area contributed by atoms with E-state index in [9.17, 15) is 4.79 Å². The topological polar surface area (TPSA) is 68.0 Å². The Morgan fingerprint density at radius 1 is 1.35 bits per heavy atom. The molecule has 1 amide bonds. The third-order valence-corrected chi connectivity index (χ3v) is 3.96. The Kier molecular flexibility index (Phi) is 7.55. The Morgan fingerprint density at radius 3 is 2.60 bits per heavy atom. The summed E-state index contributed by atoms with van der Waals surface area (Å²) in [5.41, 5.74) is 6.93.